The summed E-state index contributed by atoms with van der Waals surface area (Å²) in [6.07, 6.45) is 16.0. The van der Waals surface area contributed by atoms with Gasteiger partial charge in [-0.25, -0.2) is 4.21 Å². The summed E-state index contributed by atoms with van der Waals surface area (Å²) in [6, 6.07) is 6.08. The third-order valence-corrected chi connectivity index (χ3v) is 8.33. The van der Waals surface area contributed by atoms with Crippen molar-refractivity contribution in [2.24, 2.45) is 5.92 Å². The zero-order valence-electron chi connectivity index (χ0n) is 19.6. The van der Waals surface area contributed by atoms with E-state index in [1.54, 1.807) is 12.1 Å². The monoisotopic (exact) mass is 492 g/mol. The molecule has 1 aliphatic heterocycles. The first kappa shape index (κ1) is 25.4. The maximum Gasteiger partial charge on any atom is 0.316 e. The minimum Gasteiger partial charge on any atom is -0.388 e. The van der Waals surface area contributed by atoms with Gasteiger partial charge in [-0.2, -0.15) is 8.78 Å². The summed E-state index contributed by atoms with van der Waals surface area (Å²) >= 11 is 0. The van der Waals surface area contributed by atoms with Gasteiger partial charge in [-0.05, 0) is 68.2 Å². The molecule has 2 aliphatic carbocycles. The van der Waals surface area contributed by atoms with Crippen LogP contribution in [0.25, 0.3) is 0 Å². The van der Waals surface area contributed by atoms with Gasteiger partial charge < -0.3 is 14.6 Å². The molecule has 1 spiro atoms. The molecule has 1 heterocycles. The molecule has 2 fully saturated rings. The molecule has 4 rings (SSSR count). The van der Waals surface area contributed by atoms with E-state index in [2.05, 4.69) is 30.4 Å². The second kappa shape index (κ2) is 11.4. The molecule has 0 bridgehead atoms. The molecule has 186 valence electrons. The minimum atomic E-state index is -2.91. The molecule has 1 N–H and O–H groups in total. The number of alkyl halides is 2. The second-order valence-corrected chi connectivity index (χ2v) is 10.9. The van der Waals surface area contributed by atoms with E-state index in [1.165, 1.54) is 17.7 Å². The summed E-state index contributed by atoms with van der Waals surface area (Å²) in [4.78, 5) is 0.0780. The van der Waals surface area contributed by atoms with Gasteiger partial charge in [0, 0.05) is 24.3 Å². The van der Waals surface area contributed by atoms with Crippen LogP contribution < -0.4 is 0 Å². The SMILES string of the molecule is CCOC1CC(C2=CCC=CC=C2)OC2(CCC(C(O)c3ccc(S(=O)C(F)F)cc3)CC2)C1. The molecule has 7 heteroatoms. The standard InChI is InChI=1S/C27H34F2O4S/c1-2-32-22-17-24(19-7-5-3-4-6-8-19)33-27(18-22)15-13-21(14-16-27)25(30)20-9-11-23(12-10-20)34(31)26(28)29/h3-5,7-12,21-22,24-26,30H,2,6,13-18H2,1H3. The largest absolute Gasteiger partial charge is 0.388 e. The third-order valence-electron chi connectivity index (χ3n) is 7.27. The quantitative estimate of drug-likeness (QED) is 0.507. The Labute approximate surface area is 203 Å². The molecule has 1 aromatic carbocycles. The van der Waals surface area contributed by atoms with Crippen molar-refractivity contribution in [1.82, 2.24) is 0 Å². The van der Waals surface area contributed by atoms with E-state index < -0.39 is 22.7 Å². The van der Waals surface area contributed by atoms with Crippen LogP contribution in [0.1, 0.15) is 63.5 Å². The van der Waals surface area contributed by atoms with Crippen molar-refractivity contribution < 1.29 is 27.6 Å². The van der Waals surface area contributed by atoms with Gasteiger partial charge in [0.05, 0.1) is 23.9 Å². The number of hydrogen-bond acceptors (Lipinski definition) is 4. The molecular formula is C27H34F2O4S. The molecule has 1 aromatic rings. The van der Waals surface area contributed by atoms with E-state index in [-0.39, 0.29) is 28.6 Å². The van der Waals surface area contributed by atoms with Crippen molar-refractivity contribution in [2.45, 2.75) is 86.4 Å². The van der Waals surface area contributed by atoms with Crippen LogP contribution in [0.15, 0.2) is 65.1 Å². The van der Waals surface area contributed by atoms with Gasteiger partial charge in [0.25, 0.3) is 0 Å². The number of aliphatic hydroxyl groups excluding tert-OH is 1. The Bertz CT molecular complexity index is 932. The summed E-state index contributed by atoms with van der Waals surface area (Å²) in [5, 5.41) is 11.0. The Morgan fingerprint density at radius 2 is 1.94 bits per heavy atom. The number of benzene rings is 1. The Kier molecular flexibility index (Phi) is 8.51. The number of halogens is 2. The van der Waals surface area contributed by atoms with Crippen LogP contribution in [0.3, 0.4) is 0 Å². The van der Waals surface area contributed by atoms with Gasteiger partial charge >= 0.3 is 5.76 Å². The van der Waals surface area contributed by atoms with Crippen molar-refractivity contribution in [3.63, 3.8) is 0 Å². The van der Waals surface area contributed by atoms with Crippen LogP contribution >= 0.6 is 0 Å². The predicted molar refractivity (Wildman–Crippen MR) is 129 cm³/mol. The molecule has 1 saturated heterocycles. The van der Waals surface area contributed by atoms with E-state index in [1.807, 2.05) is 6.92 Å². The zero-order valence-corrected chi connectivity index (χ0v) is 20.4. The average molecular weight is 493 g/mol. The highest BCUT2D eigenvalue weighted by Gasteiger charge is 2.45. The van der Waals surface area contributed by atoms with E-state index >= 15 is 0 Å². The first-order valence-electron chi connectivity index (χ1n) is 12.2. The molecule has 0 radical (unpaired) electrons. The summed E-state index contributed by atoms with van der Waals surface area (Å²) in [5.41, 5.74) is 1.62. The van der Waals surface area contributed by atoms with Crippen LogP contribution in [0.5, 0.6) is 0 Å². The van der Waals surface area contributed by atoms with E-state index in [0.29, 0.717) is 12.2 Å². The highest BCUT2D eigenvalue weighted by atomic mass is 32.2. The topological polar surface area (TPSA) is 55.8 Å². The fourth-order valence-corrected chi connectivity index (χ4v) is 6.12. The van der Waals surface area contributed by atoms with Crippen LogP contribution in [0, 0.1) is 5.92 Å². The van der Waals surface area contributed by atoms with E-state index in [9.17, 15) is 18.1 Å². The zero-order chi connectivity index (χ0) is 24.1. The van der Waals surface area contributed by atoms with E-state index in [4.69, 9.17) is 9.47 Å². The normalized spacial score (nSPS) is 31.3. The Hall–Kier alpha value is -1.67. The second-order valence-electron chi connectivity index (χ2n) is 9.44. The van der Waals surface area contributed by atoms with Crippen molar-refractivity contribution >= 4 is 10.8 Å². The van der Waals surface area contributed by atoms with Crippen LogP contribution in [0.4, 0.5) is 8.78 Å². The smallest absolute Gasteiger partial charge is 0.316 e. The molecule has 4 atom stereocenters. The molecule has 4 unspecified atom stereocenters. The molecule has 1 saturated carbocycles. The van der Waals surface area contributed by atoms with Crippen LogP contribution in [-0.2, 0) is 20.3 Å². The number of ether oxygens (including phenoxy) is 2. The number of rotatable bonds is 7. The van der Waals surface area contributed by atoms with Crippen molar-refractivity contribution in [3.8, 4) is 0 Å². The molecular weight excluding hydrogens is 458 g/mol. The first-order valence-corrected chi connectivity index (χ1v) is 13.4. The van der Waals surface area contributed by atoms with Crippen molar-refractivity contribution in [2.75, 3.05) is 6.61 Å². The highest BCUT2D eigenvalue weighted by molar-refractivity contribution is 7.85. The Morgan fingerprint density at radius 3 is 2.62 bits per heavy atom. The first-order chi connectivity index (χ1) is 16.4. The van der Waals surface area contributed by atoms with Crippen LogP contribution in [0.2, 0.25) is 0 Å². The van der Waals surface area contributed by atoms with Gasteiger partial charge in [-0.1, -0.05) is 42.5 Å². The van der Waals surface area contributed by atoms with Gasteiger partial charge in [-0.15, -0.1) is 0 Å². The maximum absolute atomic E-state index is 12.7. The van der Waals surface area contributed by atoms with Crippen LogP contribution in [-0.4, -0.2) is 39.5 Å². The fourth-order valence-electron chi connectivity index (χ4n) is 5.51. The number of aliphatic hydroxyl groups is 1. The molecule has 0 aromatic heterocycles. The summed E-state index contributed by atoms with van der Waals surface area (Å²) in [6.45, 7) is 2.71. The van der Waals surface area contributed by atoms with E-state index in [0.717, 1.165) is 44.9 Å². The number of hydrogen-bond donors (Lipinski definition) is 1. The lowest BCUT2D eigenvalue weighted by molar-refractivity contribution is -0.180. The summed E-state index contributed by atoms with van der Waals surface area (Å²) < 4.78 is 49.8. The molecule has 4 nitrogen and oxygen atoms in total. The predicted octanol–water partition coefficient (Wildman–Crippen LogP) is 6.01. The Balaban J connectivity index is 1.42. The molecule has 0 amide bonds. The van der Waals surface area contributed by atoms with Gasteiger partial charge in [0.2, 0.25) is 0 Å². The maximum atomic E-state index is 12.7. The minimum absolute atomic E-state index is 0.00572. The van der Waals surface area contributed by atoms with Gasteiger partial charge in [0.15, 0.2) is 0 Å². The summed E-state index contributed by atoms with van der Waals surface area (Å²) in [7, 11) is -2.34. The lowest BCUT2D eigenvalue weighted by Gasteiger charge is -2.49. The molecule has 34 heavy (non-hydrogen) atoms. The Morgan fingerprint density at radius 1 is 1.21 bits per heavy atom. The highest BCUT2D eigenvalue weighted by Crippen LogP contribution is 2.47. The third kappa shape index (κ3) is 5.93. The lowest BCUT2D eigenvalue weighted by atomic mass is 9.71. The van der Waals surface area contributed by atoms with Gasteiger partial charge in [0.1, 0.15) is 10.8 Å². The van der Waals surface area contributed by atoms with Crippen molar-refractivity contribution in [3.05, 3.63) is 65.8 Å². The van der Waals surface area contributed by atoms with Gasteiger partial charge in [-0.3, -0.25) is 0 Å². The average Bonchev–Trinajstić information content (AvgIpc) is 3.13. The molecule has 3 aliphatic rings. The van der Waals surface area contributed by atoms with Crippen molar-refractivity contribution in [1.29, 1.82) is 0 Å². The summed E-state index contributed by atoms with van der Waals surface area (Å²) in [5.74, 6) is -2.85. The fraction of sp³-hybridized carbons (Fsp3) is 0.556. The number of allylic oxidation sites excluding steroid dienone is 4. The lowest BCUT2D eigenvalue weighted by Crippen LogP contribution is -2.49.